The Morgan fingerprint density at radius 3 is 2.29 bits per heavy atom. The number of halogens is 4. The van der Waals surface area contributed by atoms with Crippen LogP contribution in [-0.4, -0.2) is 30.3 Å². The molecule has 0 fully saturated rings. The molecule has 0 saturated heterocycles. The second-order valence-corrected chi connectivity index (χ2v) is 5.89. The Morgan fingerprint density at radius 1 is 1.14 bits per heavy atom. The number of nitrogens with one attached hydrogen (secondary N) is 1. The third-order valence-corrected chi connectivity index (χ3v) is 3.73. The highest BCUT2D eigenvalue weighted by Gasteiger charge is 2.30. The number of hydrogen-bond acceptors (Lipinski definition) is 3. The molecule has 0 aromatic heterocycles. The molecule has 0 aliphatic rings. The fraction of sp³-hybridized carbons (Fsp3) is 0.316. The molecule has 5 nitrogen and oxygen atoms in total. The summed E-state index contributed by atoms with van der Waals surface area (Å²) in [6.45, 7) is 1.94. The number of nitrogens with zero attached hydrogens (tertiary/aromatic N) is 1. The van der Waals surface area contributed by atoms with Gasteiger partial charge in [-0.15, -0.1) is 24.0 Å². The summed E-state index contributed by atoms with van der Waals surface area (Å²) in [6, 6.07) is 12.0. The van der Waals surface area contributed by atoms with E-state index in [2.05, 4.69) is 17.2 Å². The van der Waals surface area contributed by atoms with E-state index in [1.165, 1.54) is 17.7 Å². The predicted octanol–water partition coefficient (Wildman–Crippen LogP) is 4.05. The van der Waals surface area contributed by atoms with Crippen LogP contribution in [0.4, 0.5) is 18.9 Å². The lowest BCUT2D eigenvalue weighted by Gasteiger charge is -2.12. The Morgan fingerprint density at radius 2 is 1.75 bits per heavy atom. The molecule has 0 amide bonds. The fourth-order valence-electron chi connectivity index (χ4n) is 2.20. The van der Waals surface area contributed by atoms with Crippen molar-refractivity contribution in [3.05, 3.63) is 59.7 Å². The van der Waals surface area contributed by atoms with E-state index in [1.54, 1.807) is 0 Å². The second-order valence-electron chi connectivity index (χ2n) is 5.89. The molecule has 0 radical (unpaired) electrons. The van der Waals surface area contributed by atoms with Crippen LogP contribution in [0.15, 0.2) is 53.5 Å². The summed E-state index contributed by atoms with van der Waals surface area (Å²) in [5.41, 5.74) is 6.99. The lowest BCUT2D eigenvalue weighted by Crippen LogP contribution is -2.27. The van der Waals surface area contributed by atoms with Crippen LogP contribution < -0.4 is 15.8 Å². The highest BCUT2D eigenvalue weighted by atomic mass is 127. The molecule has 2 rings (SSSR count). The number of aliphatic hydroxyl groups excluding tert-OH is 1. The smallest absolute Gasteiger partial charge is 0.416 e. The van der Waals surface area contributed by atoms with E-state index < -0.39 is 17.8 Å². The molecule has 9 heteroatoms. The van der Waals surface area contributed by atoms with Crippen molar-refractivity contribution < 1.29 is 23.0 Å². The molecule has 0 aliphatic heterocycles. The number of aryl methyl sites for hydroxylation is 1. The highest BCUT2D eigenvalue weighted by molar-refractivity contribution is 14.0. The van der Waals surface area contributed by atoms with Gasteiger partial charge in [0.1, 0.15) is 18.5 Å². The number of rotatable bonds is 7. The minimum atomic E-state index is -4.39. The van der Waals surface area contributed by atoms with Gasteiger partial charge in [0.2, 0.25) is 0 Å². The second kappa shape index (κ2) is 11.1. The van der Waals surface area contributed by atoms with Crippen LogP contribution in [0.2, 0.25) is 0 Å². The Labute approximate surface area is 178 Å². The minimum Gasteiger partial charge on any atom is -0.491 e. The van der Waals surface area contributed by atoms with Crippen LogP contribution in [0, 0.1) is 0 Å². The van der Waals surface area contributed by atoms with Crippen molar-refractivity contribution in [1.29, 1.82) is 0 Å². The molecule has 2 aromatic rings. The van der Waals surface area contributed by atoms with Crippen molar-refractivity contribution in [3.63, 3.8) is 0 Å². The number of aliphatic imine (C=N–C) groups is 1. The van der Waals surface area contributed by atoms with E-state index in [0.717, 1.165) is 24.2 Å². The van der Waals surface area contributed by atoms with E-state index >= 15 is 0 Å². The molecule has 1 unspecified atom stereocenters. The maximum atomic E-state index is 12.5. The molecule has 0 aliphatic carbocycles. The molecule has 154 valence electrons. The highest BCUT2D eigenvalue weighted by Crippen LogP contribution is 2.30. The average Bonchev–Trinajstić information content (AvgIpc) is 2.65. The quantitative estimate of drug-likeness (QED) is 0.299. The number of alkyl halides is 3. The van der Waals surface area contributed by atoms with Crippen molar-refractivity contribution >= 4 is 35.6 Å². The van der Waals surface area contributed by atoms with Crippen molar-refractivity contribution in [2.24, 2.45) is 10.7 Å². The molecule has 0 spiro atoms. The number of guanidine groups is 1. The number of ether oxygens (including phenoxy) is 1. The summed E-state index contributed by atoms with van der Waals surface area (Å²) in [6.07, 6.45) is -4.40. The lowest BCUT2D eigenvalue weighted by molar-refractivity contribution is -0.137. The Kier molecular flexibility index (Phi) is 9.53. The topological polar surface area (TPSA) is 79.9 Å². The van der Waals surface area contributed by atoms with Gasteiger partial charge in [-0.3, -0.25) is 4.99 Å². The normalized spacial score (nSPS) is 12.8. The molecule has 0 saturated carbocycles. The standard InChI is InChI=1S/C19H22F3N3O2.HI/c1-2-13-3-7-15(8-4-13)25-18(23)24-11-16(26)12-27-17-9-5-14(6-10-17)19(20,21)22;/h3-10,16,26H,2,11-12H2,1H3,(H3,23,24,25);1H. The summed E-state index contributed by atoms with van der Waals surface area (Å²) in [5, 5.41) is 12.8. The predicted molar refractivity (Wildman–Crippen MR) is 114 cm³/mol. The zero-order valence-corrected chi connectivity index (χ0v) is 17.6. The number of nitrogens with two attached hydrogens (primary N) is 1. The van der Waals surface area contributed by atoms with Crippen LogP contribution >= 0.6 is 24.0 Å². The summed E-state index contributed by atoms with van der Waals surface area (Å²) in [4.78, 5) is 4.03. The van der Waals surface area contributed by atoms with Crippen molar-refractivity contribution in [3.8, 4) is 5.75 Å². The summed E-state index contributed by atoms with van der Waals surface area (Å²) in [7, 11) is 0. The SMILES string of the molecule is CCc1ccc(NC(N)=NCC(O)COc2ccc(C(F)(F)F)cc2)cc1.I. The first-order chi connectivity index (χ1) is 12.8. The van der Waals surface area contributed by atoms with Crippen LogP contribution in [-0.2, 0) is 12.6 Å². The maximum Gasteiger partial charge on any atom is 0.416 e. The van der Waals surface area contributed by atoms with Crippen LogP contribution in [0.3, 0.4) is 0 Å². The van der Waals surface area contributed by atoms with E-state index in [4.69, 9.17) is 10.5 Å². The zero-order valence-electron chi connectivity index (χ0n) is 15.2. The molecule has 1 atom stereocenters. The Hall–Kier alpha value is -2.01. The van der Waals surface area contributed by atoms with Gasteiger partial charge in [0.05, 0.1) is 12.1 Å². The van der Waals surface area contributed by atoms with E-state index in [-0.39, 0.29) is 48.8 Å². The molecule has 4 N–H and O–H groups in total. The third kappa shape index (κ3) is 7.93. The third-order valence-electron chi connectivity index (χ3n) is 3.73. The number of hydrogen-bond donors (Lipinski definition) is 3. The summed E-state index contributed by atoms with van der Waals surface area (Å²) < 4.78 is 42.7. The van der Waals surface area contributed by atoms with Crippen LogP contribution in [0.1, 0.15) is 18.1 Å². The van der Waals surface area contributed by atoms with E-state index in [9.17, 15) is 18.3 Å². The van der Waals surface area contributed by atoms with Crippen molar-refractivity contribution in [2.75, 3.05) is 18.5 Å². The van der Waals surface area contributed by atoms with Gasteiger partial charge < -0.3 is 20.9 Å². The van der Waals surface area contributed by atoms with Crippen LogP contribution in [0.25, 0.3) is 0 Å². The Balaban J connectivity index is 0.00000392. The lowest BCUT2D eigenvalue weighted by atomic mass is 10.1. The zero-order chi connectivity index (χ0) is 19.9. The molecular formula is C19H23F3IN3O2. The fourth-order valence-corrected chi connectivity index (χ4v) is 2.20. The number of benzene rings is 2. The summed E-state index contributed by atoms with van der Waals surface area (Å²) in [5.74, 6) is 0.376. The van der Waals surface area contributed by atoms with E-state index in [0.29, 0.717) is 0 Å². The van der Waals surface area contributed by atoms with Gasteiger partial charge in [0.15, 0.2) is 5.96 Å². The minimum absolute atomic E-state index is 0. The Bertz CT molecular complexity index is 751. The van der Waals surface area contributed by atoms with E-state index in [1.807, 2.05) is 24.3 Å². The van der Waals surface area contributed by atoms with Gasteiger partial charge in [0.25, 0.3) is 0 Å². The molecule has 0 bridgehead atoms. The maximum absolute atomic E-state index is 12.5. The number of anilines is 1. The molecule has 0 heterocycles. The monoisotopic (exact) mass is 509 g/mol. The van der Waals surface area contributed by atoms with Crippen molar-refractivity contribution in [1.82, 2.24) is 0 Å². The average molecular weight is 509 g/mol. The molecular weight excluding hydrogens is 486 g/mol. The van der Waals surface area contributed by atoms with Gasteiger partial charge >= 0.3 is 6.18 Å². The van der Waals surface area contributed by atoms with Gasteiger partial charge in [-0.05, 0) is 48.4 Å². The van der Waals surface area contributed by atoms with Gasteiger partial charge in [-0.25, -0.2) is 0 Å². The molecule has 28 heavy (non-hydrogen) atoms. The van der Waals surface area contributed by atoms with Gasteiger partial charge in [-0.1, -0.05) is 19.1 Å². The summed E-state index contributed by atoms with van der Waals surface area (Å²) >= 11 is 0. The van der Waals surface area contributed by atoms with Crippen molar-refractivity contribution in [2.45, 2.75) is 25.6 Å². The largest absolute Gasteiger partial charge is 0.491 e. The van der Waals surface area contributed by atoms with Crippen LogP contribution in [0.5, 0.6) is 5.75 Å². The first-order valence-corrected chi connectivity index (χ1v) is 8.42. The van der Waals surface area contributed by atoms with Gasteiger partial charge in [-0.2, -0.15) is 13.2 Å². The van der Waals surface area contributed by atoms with Gasteiger partial charge in [0, 0.05) is 5.69 Å². The number of aliphatic hydroxyl groups is 1. The first kappa shape index (κ1) is 24.0. The molecule has 2 aromatic carbocycles. The first-order valence-electron chi connectivity index (χ1n) is 8.42.